The highest BCUT2D eigenvalue weighted by molar-refractivity contribution is 5.17. The Morgan fingerprint density at radius 2 is 1.86 bits per heavy atom. The average molecular weight is 192 g/mol. The van der Waals surface area contributed by atoms with Gasteiger partial charge in [0.15, 0.2) is 0 Å². The summed E-state index contributed by atoms with van der Waals surface area (Å²) in [5.74, 6) is 0. The molecule has 0 aliphatic rings. The van der Waals surface area contributed by atoms with Crippen molar-refractivity contribution in [3.63, 3.8) is 0 Å². The van der Waals surface area contributed by atoms with Gasteiger partial charge in [0, 0.05) is 6.42 Å². The lowest BCUT2D eigenvalue weighted by atomic mass is 10.0. The van der Waals surface area contributed by atoms with Gasteiger partial charge < -0.3 is 10.2 Å². The zero-order valence-electron chi connectivity index (χ0n) is 8.13. The molecule has 1 aromatic rings. The lowest BCUT2D eigenvalue weighted by Crippen LogP contribution is -2.11. The van der Waals surface area contributed by atoms with Crippen LogP contribution >= 0.6 is 0 Å². The summed E-state index contributed by atoms with van der Waals surface area (Å²) in [4.78, 5) is 0. The van der Waals surface area contributed by atoms with Crippen molar-refractivity contribution < 1.29 is 10.2 Å². The number of aliphatic hydroxyl groups excluding tert-OH is 2. The number of aliphatic hydroxyl groups is 2. The molecule has 0 aliphatic carbocycles. The topological polar surface area (TPSA) is 40.5 Å². The van der Waals surface area contributed by atoms with E-state index in [9.17, 15) is 10.2 Å². The third kappa shape index (κ3) is 3.32. The van der Waals surface area contributed by atoms with E-state index in [4.69, 9.17) is 0 Å². The van der Waals surface area contributed by atoms with Crippen LogP contribution in [0, 0.1) is 0 Å². The van der Waals surface area contributed by atoms with E-state index in [1.807, 2.05) is 30.3 Å². The molecule has 14 heavy (non-hydrogen) atoms. The largest absolute Gasteiger partial charge is 0.393 e. The van der Waals surface area contributed by atoms with Gasteiger partial charge in [0.25, 0.3) is 0 Å². The highest BCUT2D eigenvalue weighted by Gasteiger charge is 2.11. The molecule has 2 atom stereocenters. The van der Waals surface area contributed by atoms with Gasteiger partial charge in [-0.3, -0.25) is 0 Å². The van der Waals surface area contributed by atoms with Crippen LogP contribution < -0.4 is 0 Å². The molecule has 0 saturated heterocycles. The van der Waals surface area contributed by atoms with Crippen LogP contribution in [-0.2, 0) is 0 Å². The first kappa shape index (κ1) is 11.0. The highest BCUT2D eigenvalue weighted by Crippen LogP contribution is 2.18. The Bertz CT molecular complexity index is 269. The van der Waals surface area contributed by atoms with Crippen LogP contribution in [0.2, 0.25) is 0 Å². The molecule has 76 valence electrons. The molecule has 0 amide bonds. The summed E-state index contributed by atoms with van der Waals surface area (Å²) >= 11 is 0. The summed E-state index contributed by atoms with van der Waals surface area (Å²) in [6, 6.07) is 9.35. The van der Waals surface area contributed by atoms with Crippen LogP contribution in [0.5, 0.6) is 0 Å². The van der Waals surface area contributed by atoms with Gasteiger partial charge in [0.1, 0.15) is 0 Å². The minimum atomic E-state index is -0.592. The summed E-state index contributed by atoms with van der Waals surface area (Å²) in [7, 11) is 0. The van der Waals surface area contributed by atoms with Crippen molar-refractivity contribution in [1.82, 2.24) is 0 Å². The Hall–Kier alpha value is -1.12. The molecule has 1 rings (SSSR count). The molecule has 1 aromatic carbocycles. The van der Waals surface area contributed by atoms with Crippen LogP contribution in [0.15, 0.2) is 43.0 Å². The van der Waals surface area contributed by atoms with Crippen molar-refractivity contribution >= 4 is 0 Å². The second-order valence-corrected chi connectivity index (χ2v) is 3.34. The zero-order valence-corrected chi connectivity index (χ0v) is 8.13. The van der Waals surface area contributed by atoms with Gasteiger partial charge in [-0.15, -0.1) is 6.58 Å². The molecule has 2 nitrogen and oxygen atoms in total. The molecule has 2 heteroatoms. The maximum Gasteiger partial charge on any atom is 0.0814 e. The van der Waals surface area contributed by atoms with Crippen LogP contribution in [-0.4, -0.2) is 16.3 Å². The molecule has 0 fully saturated rings. The van der Waals surface area contributed by atoms with Gasteiger partial charge >= 0.3 is 0 Å². The van der Waals surface area contributed by atoms with E-state index in [1.165, 1.54) is 0 Å². The van der Waals surface area contributed by atoms with E-state index in [2.05, 4.69) is 6.58 Å². The molecule has 2 N–H and O–H groups in total. The molecule has 0 saturated carbocycles. The van der Waals surface area contributed by atoms with Crippen LogP contribution in [0.3, 0.4) is 0 Å². The molecular formula is C12H16O2. The zero-order chi connectivity index (χ0) is 10.4. The first-order valence-corrected chi connectivity index (χ1v) is 4.76. The van der Waals surface area contributed by atoms with Crippen molar-refractivity contribution in [2.45, 2.75) is 25.0 Å². The van der Waals surface area contributed by atoms with Crippen molar-refractivity contribution in [2.75, 3.05) is 0 Å². The minimum absolute atomic E-state index is 0.357. The second-order valence-electron chi connectivity index (χ2n) is 3.34. The predicted molar refractivity (Wildman–Crippen MR) is 56.8 cm³/mol. The minimum Gasteiger partial charge on any atom is -0.393 e. The van der Waals surface area contributed by atoms with E-state index in [1.54, 1.807) is 6.08 Å². The molecule has 0 aliphatic heterocycles. The lowest BCUT2D eigenvalue weighted by Gasteiger charge is -2.14. The maximum absolute atomic E-state index is 9.72. The Morgan fingerprint density at radius 1 is 1.21 bits per heavy atom. The smallest absolute Gasteiger partial charge is 0.0814 e. The fourth-order valence-electron chi connectivity index (χ4n) is 1.36. The summed E-state index contributed by atoms with van der Waals surface area (Å²) < 4.78 is 0. The van der Waals surface area contributed by atoms with Gasteiger partial charge in [-0.1, -0.05) is 36.4 Å². The van der Waals surface area contributed by atoms with Crippen molar-refractivity contribution in [2.24, 2.45) is 0 Å². The number of benzene rings is 1. The summed E-state index contributed by atoms with van der Waals surface area (Å²) in [6.07, 6.45) is 1.43. The highest BCUT2D eigenvalue weighted by atomic mass is 16.3. The van der Waals surface area contributed by atoms with Crippen LogP contribution in [0.1, 0.15) is 24.5 Å². The molecule has 0 spiro atoms. The Labute approximate surface area is 84.5 Å². The molecule has 0 radical (unpaired) electrons. The SMILES string of the molecule is C=CC[C@H](O)CC(O)c1ccccc1. The molecule has 0 heterocycles. The first-order chi connectivity index (χ1) is 6.74. The predicted octanol–water partition coefficient (Wildman–Crippen LogP) is 2.05. The van der Waals surface area contributed by atoms with E-state index >= 15 is 0 Å². The molecule has 0 bridgehead atoms. The fraction of sp³-hybridized carbons (Fsp3) is 0.333. The normalized spacial score (nSPS) is 14.7. The number of hydrogen-bond donors (Lipinski definition) is 2. The monoisotopic (exact) mass is 192 g/mol. The third-order valence-corrected chi connectivity index (χ3v) is 2.12. The lowest BCUT2D eigenvalue weighted by molar-refractivity contribution is 0.0822. The average Bonchev–Trinajstić information content (AvgIpc) is 2.19. The Balaban J connectivity index is 2.50. The van der Waals surface area contributed by atoms with Crippen LogP contribution in [0.4, 0.5) is 0 Å². The van der Waals surface area contributed by atoms with Crippen molar-refractivity contribution in [1.29, 1.82) is 0 Å². The second kappa shape index (κ2) is 5.58. The fourth-order valence-corrected chi connectivity index (χ4v) is 1.36. The van der Waals surface area contributed by atoms with Gasteiger partial charge in [0.2, 0.25) is 0 Å². The standard InChI is InChI=1S/C12H16O2/c1-2-6-11(13)9-12(14)10-7-4-3-5-8-10/h2-5,7-8,11-14H,1,6,9H2/t11-,12?/m0/s1. The molecular weight excluding hydrogens is 176 g/mol. The summed E-state index contributed by atoms with van der Waals surface area (Å²) in [6.45, 7) is 3.54. The third-order valence-electron chi connectivity index (χ3n) is 2.12. The Kier molecular flexibility index (Phi) is 4.36. The van der Waals surface area contributed by atoms with Gasteiger partial charge in [-0.05, 0) is 12.0 Å². The quantitative estimate of drug-likeness (QED) is 0.701. The Morgan fingerprint density at radius 3 is 2.43 bits per heavy atom. The summed E-state index contributed by atoms with van der Waals surface area (Å²) in [5.41, 5.74) is 0.843. The van der Waals surface area contributed by atoms with Crippen LogP contribution in [0.25, 0.3) is 0 Å². The number of rotatable bonds is 5. The van der Waals surface area contributed by atoms with E-state index in [0.29, 0.717) is 12.8 Å². The molecule has 0 aromatic heterocycles. The van der Waals surface area contributed by atoms with Crippen molar-refractivity contribution in [3.05, 3.63) is 48.6 Å². The van der Waals surface area contributed by atoms with E-state index < -0.39 is 12.2 Å². The number of hydrogen-bond acceptors (Lipinski definition) is 2. The van der Waals surface area contributed by atoms with E-state index in [-0.39, 0.29) is 0 Å². The van der Waals surface area contributed by atoms with Crippen molar-refractivity contribution in [3.8, 4) is 0 Å². The summed E-state index contributed by atoms with van der Waals surface area (Å²) in [5, 5.41) is 19.2. The maximum atomic E-state index is 9.72. The first-order valence-electron chi connectivity index (χ1n) is 4.76. The van der Waals surface area contributed by atoms with Gasteiger partial charge in [-0.2, -0.15) is 0 Å². The van der Waals surface area contributed by atoms with Gasteiger partial charge in [0.05, 0.1) is 12.2 Å². The molecule has 1 unspecified atom stereocenters. The van der Waals surface area contributed by atoms with Gasteiger partial charge in [-0.25, -0.2) is 0 Å². The van der Waals surface area contributed by atoms with E-state index in [0.717, 1.165) is 5.56 Å².